The first kappa shape index (κ1) is 11.5. The van der Waals surface area contributed by atoms with Crippen molar-refractivity contribution >= 4 is 23.1 Å². The van der Waals surface area contributed by atoms with Crippen molar-refractivity contribution in [2.45, 2.75) is 22.2 Å². The number of nitrogens with zero attached hydrogens (tertiary/aromatic N) is 2. The summed E-state index contributed by atoms with van der Waals surface area (Å²) in [5.41, 5.74) is 8.21. The summed E-state index contributed by atoms with van der Waals surface area (Å²) in [7, 11) is 0. The van der Waals surface area contributed by atoms with Crippen LogP contribution in [0.4, 0.5) is 4.39 Å². The fourth-order valence-electron chi connectivity index (χ4n) is 1.29. The van der Waals surface area contributed by atoms with Gasteiger partial charge >= 0.3 is 0 Å². The lowest BCUT2D eigenvalue weighted by molar-refractivity contribution is 0.591. The molecule has 0 amide bonds. The van der Waals surface area contributed by atoms with Gasteiger partial charge in [0.05, 0.1) is 4.90 Å². The van der Waals surface area contributed by atoms with Gasteiger partial charge < -0.3 is 5.73 Å². The minimum atomic E-state index is -0.269. The maximum Gasteiger partial charge on any atom is 0.178 e. The second kappa shape index (κ2) is 4.90. The van der Waals surface area contributed by atoms with Crippen molar-refractivity contribution in [3.63, 3.8) is 0 Å². The summed E-state index contributed by atoms with van der Waals surface area (Å²) in [4.78, 5) is 0.536. The van der Waals surface area contributed by atoms with Gasteiger partial charge in [0, 0.05) is 6.04 Å². The summed E-state index contributed by atoms with van der Waals surface area (Å²) in [5, 5.41) is 7.59. The highest BCUT2D eigenvalue weighted by Gasteiger charge is 2.14. The molecule has 0 saturated heterocycles. The Bertz CT molecular complexity index is 471. The van der Waals surface area contributed by atoms with Crippen molar-refractivity contribution in [3.8, 4) is 0 Å². The maximum absolute atomic E-state index is 13.7. The first-order chi connectivity index (χ1) is 7.68. The van der Waals surface area contributed by atoms with Gasteiger partial charge in [0.2, 0.25) is 0 Å². The van der Waals surface area contributed by atoms with Crippen LogP contribution < -0.4 is 5.73 Å². The molecule has 6 heteroatoms. The molecule has 84 valence electrons. The molecule has 0 fully saturated rings. The molecule has 0 saturated carbocycles. The standard InChI is InChI=1S/C10H10FN3S2/c1-6(12)7-3-2-4-8(11)9(7)16-10-14-13-5-15-10/h2-6H,12H2,1H3/t6-/m1/s1. The zero-order valence-electron chi connectivity index (χ0n) is 8.55. The molecule has 1 atom stereocenters. The zero-order valence-corrected chi connectivity index (χ0v) is 10.2. The van der Waals surface area contributed by atoms with E-state index in [1.165, 1.54) is 29.2 Å². The van der Waals surface area contributed by atoms with Crippen molar-refractivity contribution in [1.82, 2.24) is 10.2 Å². The molecule has 0 radical (unpaired) electrons. The molecule has 0 aliphatic carbocycles. The second-order valence-corrected chi connectivity index (χ2v) is 5.34. The van der Waals surface area contributed by atoms with Crippen LogP contribution in [0.25, 0.3) is 0 Å². The van der Waals surface area contributed by atoms with Crippen molar-refractivity contribution < 1.29 is 4.39 Å². The van der Waals surface area contributed by atoms with Crippen LogP contribution in [0.15, 0.2) is 32.9 Å². The Hall–Kier alpha value is -0.980. The van der Waals surface area contributed by atoms with Gasteiger partial charge in [0.1, 0.15) is 11.3 Å². The van der Waals surface area contributed by atoms with Gasteiger partial charge in [-0.1, -0.05) is 35.2 Å². The summed E-state index contributed by atoms with van der Waals surface area (Å²) in [6.07, 6.45) is 0. The van der Waals surface area contributed by atoms with Crippen LogP contribution in [-0.2, 0) is 0 Å². The van der Waals surface area contributed by atoms with Crippen LogP contribution in [0.1, 0.15) is 18.5 Å². The average molecular weight is 255 g/mol. The van der Waals surface area contributed by atoms with Crippen LogP contribution in [-0.4, -0.2) is 10.2 Å². The van der Waals surface area contributed by atoms with E-state index in [9.17, 15) is 4.39 Å². The second-order valence-electron chi connectivity index (χ2n) is 3.25. The van der Waals surface area contributed by atoms with E-state index in [0.717, 1.165) is 5.56 Å². The highest BCUT2D eigenvalue weighted by Crippen LogP contribution is 2.35. The molecule has 0 unspecified atom stereocenters. The van der Waals surface area contributed by atoms with Crippen LogP contribution in [0.2, 0.25) is 0 Å². The van der Waals surface area contributed by atoms with E-state index in [2.05, 4.69) is 10.2 Å². The maximum atomic E-state index is 13.7. The Morgan fingerprint density at radius 1 is 1.50 bits per heavy atom. The Morgan fingerprint density at radius 2 is 2.31 bits per heavy atom. The molecule has 2 rings (SSSR count). The lowest BCUT2D eigenvalue weighted by atomic mass is 10.1. The number of benzene rings is 1. The van der Waals surface area contributed by atoms with E-state index in [4.69, 9.17) is 5.73 Å². The quantitative estimate of drug-likeness (QED) is 0.916. The van der Waals surface area contributed by atoms with Crippen molar-refractivity contribution in [3.05, 3.63) is 35.1 Å². The lowest BCUT2D eigenvalue weighted by Gasteiger charge is -2.11. The van der Waals surface area contributed by atoms with Crippen molar-refractivity contribution in [1.29, 1.82) is 0 Å². The van der Waals surface area contributed by atoms with Gasteiger partial charge in [-0.15, -0.1) is 10.2 Å². The van der Waals surface area contributed by atoms with Gasteiger partial charge in [-0.2, -0.15) is 0 Å². The lowest BCUT2D eigenvalue weighted by Crippen LogP contribution is -2.07. The third-order valence-corrected chi connectivity index (χ3v) is 3.93. The zero-order chi connectivity index (χ0) is 11.5. The number of nitrogens with two attached hydrogens (primary N) is 1. The topological polar surface area (TPSA) is 51.8 Å². The highest BCUT2D eigenvalue weighted by atomic mass is 32.2. The van der Waals surface area contributed by atoms with E-state index >= 15 is 0 Å². The Labute approximate surface area is 101 Å². The summed E-state index contributed by atoms with van der Waals surface area (Å²) in [6.45, 7) is 1.83. The number of rotatable bonds is 3. The minimum Gasteiger partial charge on any atom is -0.324 e. The van der Waals surface area contributed by atoms with Crippen molar-refractivity contribution in [2.24, 2.45) is 5.73 Å². The number of halogens is 1. The normalized spacial score (nSPS) is 12.7. The average Bonchev–Trinajstić information content (AvgIpc) is 2.73. The fourth-order valence-corrected chi connectivity index (χ4v) is 2.94. The summed E-state index contributed by atoms with van der Waals surface area (Å²) in [6, 6.07) is 4.72. The molecule has 1 aromatic heterocycles. The molecule has 0 aliphatic rings. The smallest absolute Gasteiger partial charge is 0.178 e. The Kier molecular flexibility index (Phi) is 3.52. The van der Waals surface area contributed by atoms with Crippen LogP contribution in [0.3, 0.4) is 0 Å². The van der Waals surface area contributed by atoms with Crippen LogP contribution >= 0.6 is 23.1 Å². The van der Waals surface area contributed by atoms with E-state index in [-0.39, 0.29) is 11.9 Å². The molecular formula is C10H10FN3S2. The Morgan fingerprint density at radius 3 is 2.94 bits per heavy atom. The molecule has 3 nitrogen and oxygen atoms in total. The molecule has 2 aromatic rings. The molecule has 0 bridgehead atoms. The molecule has 2 N–H and O–H groups in total. The Balaban J connectivity index is 2.38. The van der Waals surface area contributed by atoms with Gasteiger partial charge in [-0.25, -0.2) is 4.39 Å². The first-order valence-electron chi connectivity index (χ1n) is 4.66. The number of hydrogen-bond acceptors (Lipinski definition) is 5. The van der Waals surface area contributed by atoms with E-state index in [1.54, 1.807) is 11.6 Å². The number of aromatic nitrogens is 2. The van der Waals surface area contributed by atoms with E-state index in [0.29, 0.717) is 9.24 Å². The van der Waals surface area contributed by atoms with Crippen LogP contribution in [0.5, 0.6) is 0 Å². The predicted molar refractivity (Wildman–Crippen MR) is 63.0 cm³/mol. The van der Waals surface area contributed by atoms with Gasteiger partial charge in [-0.05, 0) is 18.6 Å². The van der Waals surface area contributed by atoms with Crippen molar-refractivity contribution in [2.75, 3.05) is 0 Å². The molecule has 16 heavy (non-hydrogen) atoms. The third kappa shape index (κ3) is 2.40. The van der Waals surface area contributed by atoms with E-state index in [1.807, 2.05) is 13.0 Å². The summed E-state index contributed by atoms with van der Waals surface area (Å²) in [5.74, 6) is -0.269. The fraction of sp³-hybridized carbons (Fsp3) is 0.200. The monoisotopic (exact) mass is 255 g/mol. The van der Waals surface area contributed by atoms with E-state index < -0.39 is 0 Å². The van der Waals surface area contributed by atoms with Gasteiger partial charge in [0.25, 0.3) is 0 Å². The first-order valence-corrected chi connectivity index (χ1v) is 6.36. The minimum absolute atomic E-state index is 0.203. The highest BCUT2D eigenvalue weighted by molar-refractivity contribution is 8.01. The molecule has 1 heterocycles. The van der Waals surface area contributed by atoms with Crippen LogP contribution in [0, 0.1) is 5.82 Å². The SMILES string of the molecule is C[C@@H](N)c1cccc(F)c1Sc1nncs1. The molecular weight excluding hydrogens is 245 g/mol. The molecule has 0 spiro atoms. The van der Waals surface area contributed by atoms with Gasteiger partial charge in [0.15, 0.2) is 4.34 Å². The number of hydrogen-bond donors (Lipinski definition) is 1. The molecule has 1 aromatic carbocycles. The molecule has 0 aliphatic heterocycles. The summed E-state index contributed by atoms with van der Waals surface area (Å²) >= 11 is 2.65. The third-order valence-electron chi connectivity index (χ3n) is 2.02. The summed E-state index contributed by atoms with van der Waals surface area (Å²) < 4.78 is 14.4. The largest absolute Gasteiger partial charge is 0.324 e. The predicted octanol–water partition coefficient (Wildman–Crippen LogP) is 2.85. The van der Waals surface area contributed by atoms with Gasteiger partial charge in [-0.3, -0.25) is 0 Å².